The van der Waals surface area contributed by atoms with Gasteiger partial charge in [-0.05, 0) is 28.8 Å². The number of aromatic nitrogens is 1. The Balaban J connectivity index is 2.24. The van der Waals surface area contributed by atoms with E-state index in [4.69, 9.17) is 10.8 Å². The third kappa shape index (κ3) is 1.69. The van der Waals surface area contributed by atoms with Crippen LogP contribution in [0.25, 0.3) is 0 Å². The first kappa shape index (κ1) is 9.73. The number of nitrogen functional groups attached to an aromatic ring is 1. The second-order valence-corrected chi connectivity index (χ2v) is 4.50. The lowest BCUT2D eigenvalue weighted by Crippen LogP contribution is -2.26. The number of nitrogens with one attached hydrogen (secondary N) is 1. The van der Waals surface area contributed by atoms with Crippen LogP contribution in [-0.2, 0) is 0 Å². The van der Waals surface area contributed by atoms with Crippen LogP contribution in [0.5, 0.6) is 0 Å². The Morgan fingerprint density at radius 2 is 2.29 bits per heavy atom. The van der Waals surface area contributed by atoms with Gasteiger partial charge in [0.25, 0.3) is 0 Å². The van der Waals surface area contributed by atoms with E-state index < -0.39 is 0 Å². The average Bonchev–Trinajstić information content (AvgIpc) is 2.93. The van der Waals surface area contributed by atoms with Crippen molar-refractivity contribution in [3.05, 3.63) is 16.9 Å². The third-order valence-corrected chi connectivity index (χ3v) is 3.08. The number of nitrogens with two attached hydrogens (primary N) is 1. The minimum absolute atomic E-state index is 0.140. The van der Waals surface area contributed by atoms with Crippen molar-refractivity contribution in [3.63, 3.8) is 0 Å². The first-order valence-corrected chi connectivity index (χ1v) is 5.24. The van der Waals surface area contributed by atoms with Crippen LogP contribution in [0.2, 0.25) is 0 Å². The summed E-state index contributed by atoms with van der Waals surface area (Å²) in [5, 5.41) is 12.4. The summed E-state index contributed by atoms with van der Waals surface area (Å²) in [5.74, 6) is 0. The SMILES string of the molecule is Nc1cncc(Br)c1NC1(CO)CC1. The van der Waals surface area contributed by atoms with Gasteiger partial charge in [-0.3, -0.25) is 4.98 Å². The largest absolute Gasteiger partial charge is 0.396 e. The molecule has 1 aromatic rings. The van der Waals surface area contributed by atoms with E-state index in [1.807, 2.05) is 0 Å². The Hall–Kier alpha value is -0.810. The van der Waals surface area contributed by atoms with Crippen LogP contribution in [0.15, 0.2) is 16.9 Å². The van der Waals surface area contributed by atoms with Crippen LogP contribution in [0.4, 0.5) is 11.4 Å². The van der Waals surface area contributed by atoms with Crippen LogP contribution >= 0.6 is 15.9 Å². The van der Waals surface area contributed by atoms with Crippen LogP contribution < -0.4 is 11.1 Å². The minimum Gasteiger partial charge on any atom is -0.396 e. The van der Waals surface area contributed by atoms with Gasteiger partial charge >= 0.3 is 0 Å². The highest BCUT2D eigenvalue weighted by atomic mass is 79.9. The van der Waals surface area contributed by atoms with Crippen molar-refractivity contribution in [2.24, 2.45) is 0 Å². The van der Waals surface area contributed by atoms with Crippen molar-refractivity contribution in [2.75, 3.05) is 17.7 Å². The van der Waals surface area contributed by atoms with Gasteiger partial charge in [-0.25, -0.2) is 0 Å². The molecule has 0 saturated heterocycles. The molecule has 14 heavy (non-hydrogen) atoms. The summed E-state index contributed by atoms with van der Waals surface area (Å²) in [4.78, 5) is 3.95. The molecule has 1 fully saturated rings. The first-order chi connectivity index (χ1) is 6.67. The van der Waals surface area contributed by atoms with E-state index in [1.54, 1.807) is 12.4 Å². The number of aliphatic hydroxyl groups is 1. The fourth-order valence-corrected chi connectivity index (χ4v) is 1.77. The maximum atomic E-state index is 9.17. The Kier molecular flexibility index (Phi) is 2.36. The Morgan fingerprint density at radius 3 is 2.79 bits per heavy atom. The summed E-state index contributed by atoms with van der Waals surface area (Å²) in [6, 6.07) is 0. The zero-order valence-corrected chi connectivity index (χ0v) is 9.21. The van der Waals surface area contributed by atoms with Crippen LogP contribution in [0.3, 0.4) is 0 Å². The second-order valence-electron chi connectivity index (χ2n) is 3.65. The second kappa shape index (κ2) is 3.40. The van der Waals surface area contributed by atoms with E-state index >= 15 is 0 Å². The lowest BCUT2D eigenvalue weighted by molar-refractivity contribution is 0.266. The summed E-state index contributed by atoms with van der Waals surface area (Å²) in [5.41, 5.74) is 7.04. The highest BCUT2D eigenvalue weighted by Gasteiger charge is 2.42. The van der Waals surface area contributed by atoms with Crippen molar-refractivity contribution in [1.82, 2.24) is 4.98 Å². The van der Waals surface area contributed by atoms with Gasteiger partial charge in [0.1, 0.15) is 0 Å². The number of rotatable bonds is 3. The summed E-state index contributed by atoms with van der Waals surface area (Å²) in [6.45, 7) is 0.140. The van der Waals surface area contributed by atoms with Gasteiger partial charge in [0, 0.05) is 6.20 Å². The lowest BCUT2D eigenvalue weighted by Gasteiger charge is -2.18. The molecule has 0 spiro atoms. The van der Waals surface area contributed by atoms with Crippen molar-refractivity contribution >= 4 is 27.3 Å². The monoisotopic (exact) mass is 257 g/mol. The standard InChI is InChI=1S/C9H12BrN3O/c10-6-3-12-4-7(11)8(6)13-9(5-14)1-2-9/h3-4,14H,1-2,5,11H2,(H,12,13). The number of halogens is 1. The van der Waals surface area contributed by atoms with E-state index in [9.17, 15) is 0 Å². The molecule has 0 atom stereocenters. The first-order valence-electron chi connectivity index (χ1n) is 4.45. The summed E-state index contributed by atoms with van der Waals surface area (Å²) in [6.07, 6.45) is 5.25. The highest BCUT2D eigenvalue weighted by molar-refractivity contribution is 9.10. The zero-order valence-electron chi connectivity index (χ0n) is 7.63. The maximum absolute atomic E-state index is 9.17. The fraction of sp³-hybridized carbons (Fsp3) is 0.444. The molecule has 2 rings (SSSR count). The molecule has 5 heteroatoms. The molecular formula is C9H12BrN3O. The number of nitrogens with zero attached hydrogens (tertiary/aromatic N) is 1. The van der Waals surface area contributed by atoms with Gasteiger partial charge in [-0.15, -0.1) is 0 Å². The number of aliphatic hydroxyl groups excluding tert-OH is 1. The van der Waals surface area contributed by atoms with Crippen LogP contribution in [0.1, 0.15) is 12.8 Å². The smallest absolute Gasteiger partial charge is 0.0755 e. The molecule has 0 unspecified atom stereocenters. The number of anilines is 2. The van der Waals surface area contributed by atoms with Crippen LogP contribution in [-0.4, -0.2) is 22.2 Å². The summed E-state index contributed by atoms with van der Waals surface area (Å²) in [7, 11) is 0. The zero-order chi connectivity index (χ0) is 10.2. The molecule has 0 amide bonds. The number of pyridine rings is 1. The Labute approximate surface area is 90.7 Å². The molecule has 4 nitrogen and oxygen atoms in total. The molecule has 0 bridgehead atoms. The van der Waals surface area contributed by atoms with Gasteiger partial charge in [0.15, 0.2) is 0 Å². The molecule has 76 valence electrons. The lowest BCUT2D eigenvalue weighted by atomic mass is 10.2. The minimum atomic E-state index is -0.155. The molecule has 0 aliphatic heterocycles. The molecule has 1 aliphatic rings. The maximum Gasteiger partial charge on any atom is 0.0755 e. The number of hydrogen-bond acceptors (Lipinski definition) is 4. The van der Waals surface area contributed by atoms with Crippen molar-refractivity contribution < 1.29 is 5.11 Å². The van der Waals surface area contributed by atoms with Crippen molar-refractivity contribution in [1.29, 1.82) is 0 Å². The van der Waals surface area contributed by atoms with E-state index in [0.717, 1.165) is 23.0 Å². The summed E-state index contributed by atoms with van der Waals surface area (Å²) < 4.78 is 0.831. The number of hydrogen-bond donors (Lipinski definition) is 3. The Bertz CT molecular complexity index is 332. The molecule has 1 aromatic heterocycles. The third-order valence-electron chi connectivity index (χ3n) is 2.48. The predicted octanol–water partition coefficient (Wildman–Crippen LogP) is 1.36. The van der Waals surface area contributed by atoms with E-state index in [2.05, 4.69) is 26.2 Å². The quantitative estimate of drug-likeness (QED) is 0.765. The molecule has 1 heterocycles. The molecule has 1 saturated carbocycles. The van der Waals surface area contributed by atoms with Crippen molar-refractivity contribution in [3.8, 4) is 0 Å². The van der Waals surface area contributed by atoms with Crippen molar-refractivity contribution in [2.45, 2.75) is 18.4 Å². The normalized spacial score (nSPS) is 17.9. The highest BCUT2D eigenvalue weighted by Crippen LogP contribution is 2.41. The molecule has 4 N–H and O–H groups in total. The van der Waals surface area contributed by atoms with Crippen LogP contribution in [0, 0.1) is 0 Å². The van der Waals surface area contributed by atoms with E-state index in [1.165, 1.54) is 0 Å². The fourth-order valence-electron chi connectivity index (χ4n) is 1.32. The predicted molar refractivity (Wildman–Crippen MR) is 59.0 cm³/mol. The van der Waals surface area contributed by atoms with Gasteiger partial charge < -0.3 is 16.2 Å². The molecule has 0 aromatic carbocycles. The average molecular weight is 258 g/mol. The van der Waals surface area contributed by atoms with E-state index in [-0.39, 0.29) is 12.1 Å². The summed E-state index contributed by atoms with van der Waals surface area (Å²) >= 11 is 3.37. The molecule has 0 radical (unpaired) electrons. The molecule has 1 aliphatic carbocycles. The van der Waals surface area contributed by atoms with E-state index in [0.29, 0.717) is 5.69 Å². The molecular weight excluding hydrogens is 246 g/mol. The van der Waals surface area contributed by atoms with Gasteiger partial charge in [-0.1, -0.05) is 0 Å². The van der Waals surface area contributed by atoms with Gasteiger partial charge in [0.05, 0.1) is 34.2 Å². The van der Waals surface area contributed by atoms with Gasteiger partial charge in [0.2, 0.25) is 0 Å². The topological polar surface area (TPSA) is 71.2 Å². The Morgan fingerprint density at radius 1 is 1.57 bits per heavy atom. The van der Waals surface area contributed by atoms with Gasteiger partial charge in [-0.2, -0.15) is 0 Å².